The molecule has 3 rings (SSSR count). The molecule has 1 aromatic heterocycles. The van der Waals surface area contributed by atoms with Crippen molar-refractivity contribution < 1.29 is 9.53 Å². The topological polar surface area (TPSA) is 82.2 Å². The maximum absolute atomic E-state index is 12.4. The van der Waals surface area contributed by atoms with Gasteiger partial charge in [-0.25, -0.2) is 4.68 Å². The lowest BCUT2D eigenvalue weighted by Gasteiger charge is -2.13. The first-order valence-corrected chi connectivity index (χ1v) is 7.51. The van der Waals surface area contributed by atoms with Crippen molar-refractivity contribution in [3.8, 4) is 5.69 Å². The molecule has 6 heteroatoms. The number of aromatic nitrogens is 2. The Morgan fingerprint density at radius 3 is 3.05 bits per heavy atom. The highest BCUT2D eigenvalue weighted by Gasteiger charge is 2.18. The molecule has 0 saturated carbocycles. The van der Waals surface area contributed by atoms with Gasteiger partial charge >= 0.3 is 0 Å². The minimum absolute atomic E-state index is 0.115. The maximum Gasteiger partial charge on any atom is 0.253 e. The van der Waals surface area contributed by atoms with Crippen LogP contribution >= 0.6 is 0 Å². The van der Waals surface area contributed by atoms with Crippen LogP contribution in [0.1, 0.15) is 28.8 Å². The highest BCUT2D eigenvalue weighted by molar-refractivity contribution is 5.97. The van der Waals surface area contributed by atoms with Crippen molar-refractivity contribution in [2.45, 2.75) is 25.5 Å². The zero-order valence-electron chi connectivity index (χ0n) is 12.4. The number of hydrogen-bond donors (Lipinski definition) is 2. The van der Waals surface area contributed by atoms with E-state index in [0.29, 0.717) is 18.7 Å². The van der Waals surface area contributed by atoms with Crippen molar-refractivity contribution in [3.63, 3.8) is 0 Å². The summed E-state index contributed by atoms with van der Waals surface area (Å²) < 4.78 is 7.21. The van der Waals surface area contributed by atoms with Gasteiger partial charge < -0.3 is 15.8 Å². The third-order valence-corrected chi connectivity index (χ3v) is 3.78. The molecule has 1 saturated heterocycles. The summed E-state index contributed by atoms with van der Waals surface area (Å²) in [5.41, 5.74) is 7.87. The van der Waals surface area contributed by atoms with Crippen LogP contribution in [0.25, 0.3) is 5.69 Å². The Hall–Kier alpha value is -2.18. The van der Waals surface area contributed by atoms with E-state index in [1.807, 2.05) is 24.4 Å². The number of carbonyl (C=O) groups is 1. The molecular weight excluding hydrogens is 280 g/mol. The maximum atomic E-state index is 12.4. The number of amides is 1. The monoisotopic (exact) mass is 300 g/mol. The van der Waals surface area contributed by atoms with Crippen molar-refractivity contribution in [2.75, 3.05) is 13.2 Å². The number of carbonyl (C=O) groups excluding carboxylic acids is 1. The highest BCUT2D eigenvalue weighted by Crippen LogP contribution is 2.15. The van der Waals surface area contributed by atoms with Gasteiger partial charge in [0.2, 0.25) is 0 Å². The Morgan fingerprint density at radius 2 is 2.32 bits per heavy atom. The van der Waals surface area contributed by atoms with Crippen LogP contribution < -0.4 is 11.1 Å². The van der Waals surface area contributed by atoms with Gasteiger partial charge in [-0.2, -0.15) is 5.10 Å². The lowest BCUT2D eigenvalue weighted by Crippen LogP contribution is -2.32. The first-order chi connectivity index (χ1) is 10.8. The van der Waals surface area contributed by atoms with Gasteiger partial charge in [-0.15, -0.1) is 0 Å². The number of nitrogens with one attached hydrogen (secondary N) is 1. The minimum Gasteiger partial charge on any atom is -0.376 e. The lowest BCUT2D eigenvalue weighted by molar-refractivity contribution is 0.0857. The first-order valence-electron chi connectivity index (χ1n) is 7.51. The summed E-state index contributed by atoms with van der Waals surface area (Å²) in [6.45, 7) is 1.75. The number of nitrogens with two attached hydrogens (primary N) is 1. The Bertz CT molecular complexity index is 647. The summed E-state index contributed by atoms with van der Waals surface area (Å²) in [7, 11) is 0. The summed E-state index contributed by atoms with van der Waals surface area (Å²) in [6.07, 6.45) is 5.74. The van der Waals surface area contributed by atoms with E-state index in [2.05, 4.69) is 10.4 Å². The van der Waals surface area contributed by atoms with Crippen molar-refractivity contribution >= 4 is 5.91 Å². The largest absolute Gasteiger partial charge is 0.376 e. The second kappa shape index (κ2) is 6.72. The average molecular weight is 300 g/mol. The fourth-order valence-electron chi connectivity index (χ4n) is 2.57. The molecule has 1 aromatic carbocycles. The quantitative estimate of drug-likeness (QED) is 0.870. The van der Waals surface area contributed by atoms with Crippen LogP contribution in [-0.4, -0.2) is 34.9 Å². The van der Waals surface area contributed by atoms with E-state index in [1.165, 1.54) is 0 Å². The molecule has 1 aliphatic rings. The van der Waals surface area contributed by atoms with Crippen LogP contribution in [0.2, 0.25) is 0 Å². The van der Waals surface area contributed by atoms with Gasteiger partial charge in [0, 0.05) is 31.5 Å². The molecule has 2 aromatic rings. The number of rotatable bonds is 5. The smallest absolute Gasteiger partial charge is 0.253 e. The van der Waals surface area contributed by atoms with Crippen molar-refractivity contribution in [3.05, 3.63) is 47.8 Å². The van der Waals surface area contributed by atoms with E-state index in [9.17, 15) is 4.79 Å². The molecule has 6 nitrogen and oxygen atoms in total. The van der Waals surface area contributed by atoms with Gasteiger partial charge in [-0.3, -0.25) is 4.79 Å². The van der Waals surface area contributed by atoms with Gasteiger partial charge in [0.15, 0.2) is 0 Å². The van der Waals surface area contributed by atoms with Crippen LogP contribution in [0, 0.1) is 0 Å². The third-order valence-electron chi connectivity index (χ3n) is 3.78. The van der Waals surface area contributed by atoms with Gasteiger partial charge in [-0.1, -0.05) is 12.1 Å². The van der Waals surface area contributed by atoms with E-state index in [1.54, 1.807) is 16.9 Å². The Balaban J connectivity index is 1.76. The van der Waals surface area contributed by atoms with Crippen LogP contribution in [0.5, 0.6) is 0 Å². The van der Waals surface area contributed by atoms with Crippen LogP contribution in [0.3, 0.4) is 0 Å². The van der Waals surface area contributed by atoms with Gasteiger partial charge in [0.05, 0.1) is 23.6 Å². The molecule has 2 heterocycles. The van der Waals surface area contributed by atoms with Crippen LogP contribution in [0.15, 0.2) is 36.7 Å². The average Bonchev–Trinajstić information content (AvgIpc) is 3.24. The standard InChI is InChI=1S/C16H20N4O2/c17-8-12-9-19-20(11-12)15-6-2-1-5-14(15)16(21)18-10-13-4-3-7-22-13/h1-2,5-6,9,11,13H,3-4,7-8,10,17H2,(H,18,21). The summed E-state index contributed by atoms with van der Waals surface area (Å²) in [4.78, 5) is 12.4. The van der Waals surface area contributed by atoms with E-state index in [4.69, 9.17) is 10.5 Å². The first kappa shape index (κ1) is 14.7. The van der Waals surface area contributed by atoms with Gasteiger partial charge in [0.1, 0.15) is 0 Å². The van der Waals surface area contributed by atoms with E-state index in [-0.39, 0.29) is 12.0 Å². The lowest BCUT2D eigenvalue weighted by atomic mass is 10.1. The predicted molar refractivity (Wildman–Crippen MR) is 82.8 cm³/mol. The molecule has 0 radical (unpaired) electrons. The van der Waals surface area contributed by atoms with Crippen LogP contribution in [0.4, 0.5) is 0 Å². The molecule has 1 aliphatic heterocycles. The summed E-state index contributed by atoms with van der Waals surface area (Å²) in [5, 5.41) is 7.21. The molecule has 0 aliphatic carbocycles. The Kier molecular flexibility index (Phi) is 4.50. The number of benzene rings is 1. The zero-order valence-corrected chi connectivity index (χ0v) is 12.4. The van der Waals surface area contributed by atoms with Gasteiger partial charge in [-0.05, 0) is 25.0 Å². The Morgan fingerprint density at radius 1 is 1.45 bits per heavy atom. The molecule has 0 bridgehead atoms. The number of ether oxygens (including phenoxy) is 1. The zero-order chi connectivity index (χ0) is 15.4. The summed E-state index contributed by atoms with van der Waals surface area (Å²) >= 11 is 0. The van der Waals surface area contributed by atoms with E-state index < -0.39 is 0 Å². The summed E-state index contributed by atoms with van der Waals surface area (Å²) in [6, 6.07) is 7.39. The second-order valence-corrected chi connectivity index (χ2v) is 5.36. The number of hydrogen-bond acceptors (Lipinski definition) is 4. The fraction of sp³-hybridized carbons (Fsp3) is 0.375. The highest BCUT2D eigenvalue weighted by atomic mass is 16.5. The number of para-hydroxylation sites is 1. The molecule has 0 spiro atoms. The molecule has 116 valence electrons. The molecule has 1 amide bonds. The normalized spacial score (nSPS) is 17.6. The number of nitrogens with zero attached hydrogens (tertiary/aromatic N) is 2. The summed E-state index contributed by atoms with van der Waals surface area (Å²) in [5.74, 6) is -0.115. The Labute approximate surface area is 129 Å². The predicted octanol–water partition coefficient (Wildman–Crippen LogP) is 1.24. The fourth-order valence-corrected chi connectivity index (χ4v) is 2.57. The molecule has 3 N–H and O–H groups in total. The van der Waals surface area contributed by atoms with Crippen LogP contribution in [-0.2, 0) is 11.3 Å². The van der Waals surface area contributed by atoms with Crippen molar-refractivity contribution in [1.82, 2.24) is 15.1 Å². The van der Waals surface area contributed by atoms with E-state index in [0.717, 1.165) is 30.7 Å². The van der Waals surface area contributed by atoms with Crippen molar-refractivity contribution in [2.24, 2.45) is 5.73 Å². The second-order valence-electron chi connectivity index (χ2n) is 5.36. The molecule has 1 unspecified atom stereocenters. The SMILES string of the molecule is NCc1cnn(-c2ccccc2C(=O)NCC2CCCO2)c1. The van der Waals surface area contributed by atoms with Crippen molar-refractivity contribution in [1.29, 1.82) is 0 Å². The molecular formula is C16H20N4O2. The van der Waals surface area contributed by atoms with E-state index >= 15 is 0 Å². The minimum atomic E-state index is -0.115. The molecule has 22 heavy (non-hydrogen) atoms. The van der Waals surface area contributed by atoms with Gasteiger partial charge in [0.25, 0.3) is 5.91 Å². The third kappa shape index (κ3) is 3.18. The molecule has 1 atom stereocenters. The molecule has 1 fully saturated rings.